The largest absolute Gasteiger partial charge is 0.761 e. The quantitative estimate of drug-likeness (QED) is 0.843. The summed E-state index contributed by atoms with van der Waals surface area (Å²) < 4.78 is 16.8. The van der Waals surface area contributed by atoms with Gasteiger partial charge in [-0.25, -0.2) is 4.99 Å². The molecule has 2 aromatic carbocycles. The molecule has 7 nitrogen and oxygen atoms in total. The molecular weight excluding hydrogens is 310 g/mol. The van der Waals surface area contributed by atoms with Crippen molar-refractivity contribution in [2.45, 2.75) is 12.6 Å². The van der Waals surface area contributed by atoms with Crippen molar-refractivity contribution in [1.82, 2.24) is 0 Å². The Morgan fingerprint density at radius 2 is 2.21 bits per heavy atom. The van der Waals surface area contributed by atoms with Crippen molar-refractivity contribution in [2.75, 3.05) is 24.5 Å². The molecule has 7 heteroatoms. The first-order valence-electron chi connectivity index (χ1n) is 7.57. The van der Waals surface area contributed by atoms with Crippen LogP contribution in [0.4, 0.5) is 11.4 Å². The van der Waals surface area contributed by atoms with Gasteiger partial charge in [0, 0.05) is 16.9 Å². The number of ether oxygens (including phenoxy) is 3. The topological polar surface area (TPSA) is 87.2 Å². The Kier molecular flexibility index (Phi) is 3.62. The summed E-state index contributed by atoms with van der Waals surface area (Å²) in [4.78, 5) is 4.63. The number of hydrogen-bond donors (Lipinski definition) is 2. The van der Waals surface area contributed by atoms with Gasteiger partial charge in [-0.05, 0) is 30.3 Å². The number of hydrogen-bond acceptors (Lipinski definition) is 6. The molecule has 2 heterocycles. The maximum atomic E-state index is 10.7. The number of aliphatic imine (C=N–C) groups is 1. The number of fused-ring (bicyclic) bond motifs is 2. The molecule has 24 heavy (non-hydrogen) atoms. The molecule has 0 amide bonds. The van der Waals surface area contributed by atoms with Crippen molar-refractivity contribution in [1.29, 1.82) is 0 Å². The van der Waals surface area contributed by atoms with E-state index in [1.54, 1.807) is 19.2 Å². The van der Waals surface area contributed by atoms with E-state index in [9.17, 15) is 5.21 Å². The van der Waals surface area contributed by atoms with E-state index < -0.39 is 0 Å². The van der Waals surface area contributed by atoms with Crippen LogP contribution in [0.5, 0.6) is 11.5 Å². The van der Waals surface area contributed by atoms with Crippen molar-refractivity contribution >= 4 is 17.4 Å². The van der Waals surface area contributed by atoms with Gasteiger partial charge in [0.25, 0.3) is 6.02 Å². The highest BCUT2D eigenvalue weighted by Gasteiger charge is 2.29. The van der Waals surface area contributed by atoms with E-state index in [1.165, 1.54) is 0 Å². The molecule has 0 aromatic heterocycles. The zero-order valence-corrected chi connectivity index (χ0v) is 13.0. The van der Waals surface area contributed by atoms with Gasteiger partial charge in [-0.3, -0.25) is 0 Å². The molecule has 0 radical (unpaired) electrons. The fraction of sp³-hybridized carbons (Fsp3) is 0.235. The van der Waals surface area contributed by atoms with Crippen molar-refractivity contribution in [2.24, 2.45) is 4.99 Å². The molecule has 2 aromatic rings. The van der Waals surface area contributed by atoms with Crippen LogP contribution in [0.1, 0.15) is 17.2 Å². The summed E-state index contributed by atoms with van der Waals surface area (Å²) in [5.74, 6) is 1.53. The van der Waals surface area contributed by atoms with Crippen LogP contribution >= 0.6 is 0 Å². The van der Waals surface area contributed by atoms with Gasteiger partial charge >= 0.3 is 0 Å². The maximum Gasteiger partial charge on any atom is 0.290 e. The lowest BCUT2D eigenvalue weighted by Gasteiger charge is -2.23. The van der Waals surface area contributed by atoms with Crippen LogP contribution in [0, 0.1) is 5.21 Å². The van der Waals surface area contributed by atoms with Crippen LogP contribution in [0.15, 0.2) is 41.4 Å². The number of rotatable bonds is 3. The first-order valence-corrected chi connectivity index (χ1v) is 7.57. The van der Waals surface area contributed by atoms with Crippen LogP contribution in [-0.4, -0.2) is 19.7 Å². The third-order valence-corrected chi connectivity index (χ3v) is 4.08. The van der Waals surface area contributed by atoms with E-state index in [0.717, 1.165) is 28.3 Å². The van der Waals surface area contributed by atoms with Gasteiger partial charge in [-0.2, -0.15) is 0 Å². The van der Waals surface area contributed by atoms with Gasteiger partial charge in [0.2, 0.25) is 0 Å². The summed E-state index contributed by atoms with van der Waals surface area (Å²) >= 11 is 0. The molecule has 0 saturated carbocycles. The molecule has 4 rings (SSSR count). The average molecular weight is 326 g/mol. The molecule has 2 N–H and O–H groups in total. The van der Waals surface area contributed by atoms with Crippen LogP contribution in [0.2, 0.25) is 0 Å². The summed E-state index contributed by atoms with van der Waals surface area (Å²) in [6, 6.07) is 11.2. The maximum absolute atomic E-state index is 10.7. The number of benzene rings is 2. The van der Waals surface area contributed by atoms with Gasteiger partial charge < -0.3 is 30.2 Å². The molecule has 0 saturated heterocycles. The van der Waals surface area contributed by atoms with Gasteiger partial charge in [-0.1, -0.05) is 6.07 Å². The summed E-state index contributed by atoms with van der Waals surface area (Å²) in [5.41, 5.74) is 5.08. The molecule has 2 aliphatic rings. The highest BCUT2D eigenvalue weighted by Crippen LogP contribution is 2.41. The lowest BCUT2D eigenvalue weighted by Crippen LogP contribution is -2.23. The molecule has 124 valence electrons. The Morgan fingerprint density at radius 3 is 3.04 bits per heavy atom. The van der Waals surface area contributed by atoms with E-state index in [0.29, 0.717) is 24.9 Å². The number of nitrogens with one attached hydrogen (secondary N) is 2. The Labute approximate surface area is 138 Å². The van der Waals surface area contributed by atoms with Crippen molar-refractivity contribution in [3.63, 3.8) is 0 Å². The van der Waals surface area contributed by atoms with Crippen molar-refractivity contribution < 1.29 is 14.2 Å². The molecule has 0 fully saturated rings. The third kappa shape index (κ3) is 2.48. The summed E-state index contributed by atoms with van der Waals surface area (Å²) in [6.07, 6.45) is 0. The Morgan fingerprint density at radius 1 is 1.29 bits per heavy atom. The fourth-order valence-electron chi connectivity index (χ4n) is 2.92. The SMILES string of the molecule is COc1cccc2c1C(N=C1Nc3ccc(N[O-])cc3CO1)CO2. The second-order valence-electron chi connectivity index (χ2n) is 5.52. The molecule has 0 spiro atoms. The third-order valence-electron chi connectivity index (χ3n) is 4.08. The van der Waals surface area contributed by atoms with E-state index >= 15 is 0 Å². The molecule has 1 unspecified atom stereocenters. The Balaban J connectivity index is 1.60. The van der Waals surface area contributed by atoms with Gasteiger partial charge in [0.05, 0.1) is 12.7 Å². The van der Waals surface area contributed by atoms with E-state index in [4.69, 9.17) is 14.2 Å². The summed E-state index contributed by atoms with van der Waals surface area (Å²) in [5, 5.41) is 13.9. The summed E-state index contributed by atoms with van der Waals surface area (Å²) in [7, 11) is 1.63. The number of nitrogens with zero attached hydrogens (tertiary/aromatic N) is 1. The van der Waals surface area contributed by atoms with Gasteiger partial charge in [0.15, 0.2) is 0 Å². The zero-order valence-electron chi connectivity index (χ0n) is 13.0. The standard InChI is InChI=1S/C17H16N3O4/c1-22-14-3-2-4-15-16(14)13(9-23-15)19-17-18-12-6-5-11(20-21)7-10(12)8-24-17/h2-7,13,20H,8-9H2,1H3,(H,18,19)/q-1. The molecule has 0 aliphatic carbocycles. The second kappa shape index (κ2) is 5.93. The minimum atomic E-state index is -0.192. The van der Waals surface area contributed by atoms with Crippen molar-refractivity contribution in [3.8, 4) is 11.5 Å². The zero-order chi connectivity index (χ0) is 16.5. The predicted octanol–water partition coefficient (Wildman–Crippen LogP) is 3.04. The number of amidine groups is 1. The number of methoxy groups -OCH3 is 1. The van der Waals surface area contributed by atoms with Crippen LogP contribution in [0.25, 0.3) is 0 Å². The fourth-order valence-corrected chi connectivity index (χ4v) is 2.92. The van der Waals surface area contributed by atoms with Crippen LogP contribution < -0.4 is 20.3 Å². The van der Waals surface area contributed by atoms with Gasteiger partial charge in [0.1, 0.15) is 30.8 Å². The molecule has 1 atom stereocenters. The molecular formula is C17H16N3O4-. The van der Waals surface area contributed by atoms with E-state index in [2.05, 4.69) is 10.3 Å². The highest BCUT2D eigenvalue weighted by molar-refractivity contribution is 5.92. The monoisotopic (exact) mass is 326 g/mol. The Hall–Kier alpha value is -2.93. The molecule has 2 aliphatic heterocycles. The Bertz CT molecular complexity index is 806. The summed E-state index contributed by atoms with van der Waals surface area (Å²) in [6.45, 7) is 0.791. The minimum Gasteiger partial charge on any atom is -0.761 e. The highest BCUT2D eigenvalue weighted by atomic mass is 16.5. The minimum absolute atomic E-state index is 0.192. The predicted molar refractivity (Wildman–Crippen MR) is 90.5 cm³/mol. The first-order chi connectivity index (χ1) is 11.8. The second-order valence-corrected chi connectivity index (χ2v) is 5.52. The van der Waals surface area contributed by atoms with E-state index in [1.807, 2.05) is 29.7 Å². The number of anilines is 2. The normalized spacial score (nSPS) is 19.6. The van der Waals surface area contributed by atoms with E-state index in [-0.39, 0.29) is 6.04 Å². The first kappa shape index (κ1) is 14.6. The van der Waals surface area contributed by atoms with Crippen molar-refractivity contribution in [3.05, 3.63) is 52.7 Å². The lowest BCUT2D eigenvalue weighted by atomic mass is 10.1. The lowest BCUT2D eigenvalue weighted by molar-refractivity contribution is 0.278. The van der Waals surface area contributed by atoms with Crippen LogP contribution in [0.3, 0.4) is 0 Å². The smallest absolute Gasteiger partial charge is 0.290 e. The molecule has 0 bridgehead atoms. The van der Waals surface area contributed by atoms with Crippen LogP contribution in [-0.2, 0) is 11.3 Å². The van der Waals surface area contributed by atoms with Gasteiger partial charge in [-0.15, -0.1) is 0 Å². The average Bonchev–Trinajstić information content (AvgIpc) is 3.04.